The van der Waals surface area contributed by atoms with Gasteiger partial charge in [-0.1, -0.05) is 0 Å². The largest absolute Gasteiger partial charge is 0.451 e. The van der Waals surface area contributed by atoms with E-state index in [9.17, 15) is 27.2 Å². The highest BCUT2D eigenvalue weighted by atomic mass is 32.2. The number of imide groups is 1. The van der Waals surface area contributed by atoms with E-state index in [1.54, 1.807) is 20.8 Å². The highest BCUT2D eigenvalue weighted by molar-refractivity contribution is 7.89. The molecule has 28 heavy (non-hydrogen) atoms. The van der Waals surface area contributed by atoms with E-state index in [2.05, 4.69) is 10.0 Å². The van der Waals surface area contributed by atoms with Gasteiger partial charge in [-0.05, 0) is 58.9 Å². The van der Waals surface area contributed by atoms with Crippen LogP contribution in [0.3, 0.4) is 0 Å². The molecule has 9 nitrogen and oxygen atoms in total. The van der Waals surface area contributed by atoms with Gasteiger partial charge in [-0.15, -0.1) is 0 Å². The van der Waals surface area contributed by atoms with Crippen LogP contribution in [0.1, 0.15) is 34.6 Å². The number of ether oxygens (including phenoxy) is 1. The van der Waals surface area contributed by atoms with Crippen LogP contribution in [-0.2, 0) is 24.3 Å². The zero-order valence-electron chi connectivity index (χ0n) is 16.2. The zero-order valence-corrected chi connectivity index (χ0v) is 17.0. The molecule has 0 unspecified atom stereocenters. The molecular weight excluding hydrogens is 393 g/mol. The lowest BCUT2D eigenvalue weighted by molar-refractivity contribution is -0.155. The maximum Gasteiger partial charge on any atom is 0.324 e. The molecule has 0 spiro atoms. The second-order valence-electron chi connectivity index (χ2n) is 7.07. The Morgan fingerprint density at radius 3 is 2.11 bits per heavy atom. The standard InChI is InChI=1S/C17H24FN3O6S/c1-10(21-28(25,26)13-8-6-12(18)7-9-13)15(23)27-11(2)14(22)19-16(24)20-17(3,4)5/h6-11,21H,1-5H3,(H2,19,20,22,24)/t10-,11+/m0/s1. The van der Waals surface area contributed by atoms with Gasteiger partial charge in [0.15, 0.2) is 6.10 Å². The van der Waals surface area contributed by atoms with Crippen LogP contribution in [0.2, 0.25) is 0 Å². The summed E-state index contributed by atoms with van der Waals surface area (Å²) in [4.78, 5) is 35.4. The molecule has 156 valence electrons. The average molecular weight is 417 g/mol. The van der Waals surface area contributed by atoms with Gasteiger partial charge >= 0.3 is 12.0 Å². The lowest BCUT2D eigenvalue weighted by Crippen LogP contribution is -2.51. The molecule has 0 bridgehead atoms. The Bertz CT molecular complexity index is 833. The molecule has 0 heterocycles. The first-order chi connectivity index (χ1) is 12.7. The van der Waals surface area contributed by atoms with Crippen LogP contribution in [0, 0.1) is 5.82 Å². The third kappa shape index (κ3) is 7.61. The minimum Gasteiger partial charge on any atom is -0.451 e. The molecule has 0 fully saturated rings. The number of esters is 1. The molecular formula is C17H24FN3O6S. The lowest BCUT2D eigenvalue weighted by Gasteiger charge is -2.21. The SMILES string of the molecule is C[C@H](NS(=O)(=O)c1ccc(F)cc1)C(=O)O[C@H](C)C(=O)NC(=O)NC(C)(C)C. The summed E-state index contributed by atoms with van der Waals surface area (Å²) in [5, 5.41) is 4.52. The summed E-state index contributed by atoms with van der Waals surface area (Å²) >= 11 is 0. The van der Waals surface area contributed by atoms with Crippen LogP contribution < -0.4 is 15.4 Å². The van der Waals surface area contributed by atoms with Crippen molar-refractivity contribution < 1.29 is 31.9 Å². The second kappa shape index (κ2) is 9.11. The molecule has 0 saturated heterocycles. The Labute approximate surface area is 163 Å². The lowest BCUT2D eigenvalue weighted by atomic mass is 10.1. The fraction of sp³-hybridized carbons (Fsp3) is 0.471. The first-order valence-corrected chi connectivity index (χ1v) is 9.81. The van der Waals surface area contributed by atoms with Crippen molar-refractivity contribution in [2.45, 2.75) is 57.2 Å². The van der Waals surface area contributed by atoms with E-state index in [1.807, 2.05) is 5.32 Å². The van der Waals surface area contributed by atoms with E-state index in [4.69, 9.17) is 4.74 Å². The van der Waals surface area contributed by atoms with Crippen LogP contribution in [0.15, 0.2) is 29.2 Å². The summed E-state index contributed by atoms with van der Waals surface area (Å²) in [7, 11) is -4.10. The van der Waals surface area contributed by atoms with Crippen molar-refractivity contribution >= 4 is 27.9 Å². The number of carbonyl (C=O) groups is 3. The molecule has 0 aromatic heterocycles. The number of hydrogen-bond acceptors (Lipinski definition) is 6. The minimum absolute atomic E-state index is 0.238. The molecule has 0 aliphatic rings. The van der Waals surface area contributed by atoms with Crippen molar-refractivity contribution in [3.05, 3.63) is 30.1 Å². The van der Waals surface area contributed by atoms with Crippen molar-refractivity contribution in [1.82, 2.24) is 15.4 Å². The first kappa shape index (κ1) is 23.5. The average Bonchev–Trinajstić information content (AvgIpc) is 2.52. The van der Waals surface area contributed by atoms with Gasteiger partial charge < -0.3 is 10.1 Å². The van der Waals surface area contributed by atoms with Crippen LogP contribution in [0.5, 0.6) is 0 Å². The summed E-state index contributed by atoms with van der Waals surface area (Å²) in [5.74, 6) is -2.50. The van der Waals surface area contributed by atoms with Gasteiger partial charge in [-0.2, -0.15) is 4.72 Å². The van der Waals surface area contributed by atoms with Crippen molar-refractivity contribution in [1.29, 1.82) is 0 Å². The number of carbonyl (C=O) groups excluding carboxylic acids is 3. The molecule has 1 aromatic carbocycles. The fourth-order valence-corrected chi connectivity index (χ4v) is 3.07. The van der Waals surface area contributed by atoms with E-state index < -0.39 is 51.4 Å². The van der Waals surface area contributed by atoms with Gasteiger partial charge in [0.2, 0.25) is 10.0 Å². The molecule has 1 rings (SSSR count). The van der Waals surface area contributed by atoms with Gasteiger partial charge in [0.25, 0.3) is 5.91 Å². The molecule has 0 radical (unpaired) electrons. The van der Waals surface area contributed by atoms with Crippen LogP contribution in [0.4, 0.5) is 9.18 Å². The van der Waals surface area contributed by atoms with Crippen molar-refractivity contribution in [2.75, 3.05) is 0 Å². The first-order valence-electron chi connectivity index (χ1n) is 8.32. The Morgan fingerprint density at radius 2 is 1.61 bits per heavy atom. The monoisotopic (exact) mass is 417 g/mol. The third-order valence-corrected chi connectivity index (χ3v) is 4.75. The number of hydrogen-bond donors (Lipinski definition) is 3. The number of benzene rings is 1. The van der Waals surface area contributed by atoms with Crippen molar-refractivity contribution in [3.63, 3.8) is 0 Å². The molecule has 3 N–H and O–H groups in total. The molecule has 3 amide bonds. The van der Waals surface area contributed by atoms with Crippen LogP contribution in [-0.4, -0.2) is 44.0 Å². The van der Waals surface area contributed by atoms with Crippen molar-refractivity contribution in [3.8, 4) is 0 Å². The Hall–Kier alpha value is -2.53. The number of urea groups is 1. The summed E-state index contributed by atoms with van der Waals surface area (Å²) in [6.07, 6.45) is -1.34. The molecule has 2 atom stereocenters. The van der Waals surface area contributed by atoms with Gasteiger partial charge in [0.1, 0.15) is 11.9 Å². The quantitative estimate of drug-likeness (QED) is 0.593. The molecule has 0 aliphatic carbocycles. The van der Waals surface area contributed by atoms with E-state index in [1.165, 1.54) is 13.8 Å². The minimum atomic E-state index is -4.10. The number of amides is 3. The normalized spacial score (nSPS) is 13.9. The third-order valence-electron chi connectivity index (χ3n) is 3.20. The fourth-order valence-electron chi connectivity index (χ4n) is 1.88. The zero-order chi connectivity index (χ0) is 21.7. The Balaban J connectivity index is 2.64. The van der Waals surface area contributed by atoms with Crippen LogP contribution >= 0.6 is 0 Å². The van der Waals surface area contributed by atoms with E-state index in [-0.39, 0.29) is 4.90 Å². The van der Waals surface area contributed by atoms with Gasteiger partial charge in [0, 0.05) is 5.54 Å². The maximum absolute atomic E-state index is 12.9. The highest BCUT2D eigenvalue weighted by Crippen LogP contribution is 2.11. The summed E-state index contributed by atoms with van der Waals surface area (Å²) < 4.78 is 44.2. The number of sulfonamides is 1. The number of halogens is 1. The van der Waals surface area contributed by atoms with E-state index in [0.29, 0.717) is 0 Å². The maximum atomic E-state index is 12.9. The predicted octanol–water partition coefficient (Wildman–Crippen LogP) is 1.05. The van der Waals surface area contributed by atoms with E-state index >= 15 is 0 Å². The smallest absolute Gasteiger partial charge is 0.324 e. The van der Waals surface area contributed by atoms with Crippen molar-refractivity contribution in [2.24, 2.45) is 0 Å². The van der Waals surface area contributed by atoms with E-state index in [0.717, 1.165) is 24.3 Å². The van der Waals surface area contributed by atoms with Gasteiger partial charge in [0.05, 0.1) is 4.90 Å². The van der Waals surface area contributed by atoms with Crippen LogP contribution in [0.25, 0.3) is 0 Å². The highest BCUT2D eigenvalue weighted by Gasteiger charge is 2.27. The second-order valence-corrected chi connectivity index (χ2v) is 8.78. The molecule has 11 heteroatoms. The predicted molar refractivity (Wildman–Crippen MR) is 98.2 cm³/mol. The summed E-state index contributed by atoms with van der Waals surface area (Å²) in [5.41, 5.74) is -0.572. The van der Waals surface area contributed by atoms with Gasteiger partial charge in [-0.3, -0.25) is 14.9 Å². The van der Waals surface area contributed by atoms with Gasteiger partial charge in [-0.25, -0.2) is 17.6 Å². The summed E-state index contributed by atoms with van der Waals surface area (Å²) in [6, 6.07) is 1.93. The number of rotatable bonds is 6. The number of nitrogens with one attached hydrogen (secondary N) is 3. The topological polar surface area (TPSA) is 131 Å². The molecule has 0 aliphatic heterocycles. The summed E-state index contributed by atoms with van der Waals surface area (Å²) in [6.45, 7) is 7.61. The molecule has 0 saturated carbocycles. The molecule has 1 aromatic rings. The Morgan fingerprint density at radius 1 is 1.07 bits per heavy atom. The Kier molecular flexibility index (Phi) is 7.65.